The number of hydrogen-bond donors (Lipinski definition) is 1. The van der Waals surface area contributed by atoms with Gasteiger partial charge in [-0.2, -0.15) is 0 Å². The Labute approximate surface area is 125 Å². The minimum absolute atomic E-state index is 0.797. The van der Waals surface area contributed by atoms with Crippen molar-refractivity contribution >= 4 is 0 Å². The number of hydrogen-bond acceptors (Lipinski definition) is 3. The standard InChI is InChI=1S/C17H33N3/c1-2-3-9-19-11-6-15(7-12-19)18-16-8-13-20-10-4-5-17(20)14-16/h15-18H,2-14H2,1H3. The van der Waals surface area contributed by atoms with Gasteiger partial charge in [-0.15, -0.1) is 0 Å². The van der Waals surface area contributed by atoms with Crippen LogP contribution in [0.5, 0.6) is 0 Å². The van der Waals surface area contributed by atoms with Crippen LogP contribution in [0.25, 0.3) is 0 Å². The van der Waals surface area contributed by atoms with E-state index in [1.54, 1.807) is 0 Å². The third-order valence-electron chi connectivity index (χ3n) is 5.71. The largest absolute Gasteiger partial charge is 0.311 e. The van der Waals surface area contributed by atoms with E-state index in [9.17, 15) is 0 Å². The first-order chi connectivity index (χ1) is 9.85. The molecule has 3 nitrogen and oxygen atoms in total. The maximum Gasteiger partial charge on any atom is 0.0111 e. The number of piperidine rings is 2. The van der Waals surface area contributed by atoms with Gasteiger partial charge in [0.15, 0.2) is 0 Å². The first-order valence-electron chi connectivity index (χ1n) is 9.07. The van der Waals surface area contributed by atoms with Crippen molar-refractivity contribution in [3.05, 3.63) is 0 Å². The van der Waals surface area contributed by atoms with E-state index in [0.29, 0.717) is 0 Å². The van der Waals surface area contributed by atoms with E-state index in [1.807, 2.05) is 0 Å². The van der Waals surface area contributed by atoms with Crippen LogP contribution >= 0.6 is 0 Å². The highest BCUT2D eigenvalue weighted by atomic mass is 15.2. The predicted octanol–water partition coefficient (Wildman–Crippen LogP) is 2.47. The highest BCUT2D eigenvalue weighted by Gasteiger charge is 2.32. The van der Waals surface area contributed by atoms with Gasteiger partial charge in [-0.25, -0.2) is 0 Å². The SMILES string of the molecule is CCCCN1CCC(NC2CCN3CCCC3C2)CC1. The van der Waals surface area contributed by atoms with Crippen LogP contribution in [0.3, 0.4) is 0 Å². The summed E-state index contributed by atoms with van der Waals surface area (Å²) >= 11 is 0. The second kappa shape index (κ2) is 7.24. The molecule has 20 heavy (non-hydrogen) atoms. The Balaban J connectivity index is 1.37. The van der Waals surface area contributed by atoms with E-state index in [2.05, 4.69) is 22.0 Å². The Morgan fingerprint density at radius 1 is 0.950 bits per heavy atom. The fourth-order valence-corrected chi connectivity index (χ4v) is 4.41. The number of rotatable bonds is 5. The smallest absolute Gasteiger partial charge is 0.0111 e. The molecule has 3 aliphatic heterocycles. The zero-order valence-electron chi connectivity index (χ0n) is 13.3. The van der Waals surface area contributed by atoms with E-state index < -0.39 is 0 Å². The summed E-state index contributed by atoms with van der Waals surface area (Å²) in [6.07, 6.45) is 11.1. The fourth-order valence-electron chi connectivity index (χ4n) is 4.41. The van der Waals surface area contributed by atoms with Gasteiger partial charge in [0.05, 0.1) is 0 Å². The second-order valence-corrected chi connectivity index (χ2v) is 7.19. The van der Waals surface area contributed by atoms with Gasteiger partial charge in [0.1, 0.15) is 0 Å². The molecular formula is C17H33N3. The summed E-state index contributed by atoms with van der Waals surface area (Å²) in [6.45, 7) is 8.97. The van der Waals surface area contributed by atoms with Crippen LogP contribution in [0.4, 0.5) is 0 Å². The summed E-state index contributed by atoms with van der Waals surface area (Å²) in [6, 6.07) is 2.51. The molecule has 1 N–H and O–H groups in total. The van der Waals surface area contributed by atoms with Crippen LogP contribution in [0.2, 0.25) is 0 Å². The Morgan fingerprint density at radius 2 is 1.75 bits per heavy atom. The zero-order chi connectivity index (χ0) is 13.8. The van der Waals surface area contributed by atoms with Crippen LogP contribution in [0.1, 0.15) is 58.3 Å². The van der Waals surface area contributed by atoms with Gasteiger partial charge in [0.2, 0.25) is 0 Å². The van der Waals surface area contributed by atoms with Gasteiger partial charge in [-0.1, -0.05) is 13.3 Å². The molecule has 0 aromatic heterocycles. The fraction of sp³-hybridized carbons (Fsp3) is 1.00. The molecule has 0 aromatic carbocycles. The molecule has 3 heterocycles. The third kappa shape index (κ3) is 3.75. The molecule has 0 aliphatic carbocycles. The van der Waals surface area contributed by atoms with E-state index >= 15 is 0 Å². The molecule has 3 aliphatic rings. The molecule has 3 rings (SSSR count). The first kappa shape index (κ1) is 14.8. The number of nitrogens with one attached hydrogen (secondary N) is 1. The van der Waals surface area contributed by atoms with Gasteiger partial charge >= 0.3 is 0 Å². The number of fused-ring (bicyclic) bond motifs is 1. The zero-order valence-corrected chi connectivity index (χ0v) is 13.3. The lowest BCUT2D eigenvalue weighted by Gasteiger charge is -2.39. The summed E-state index contributed by atoms with van der Waals surface area (Å²) in [7, 11) is 0. The Hall–Kier alpha value is -0.120. The van der Waals surface area contributed by atoms with E-state index in [0.717, 1.165) is 18.1 Å². The molecule has 3 fully saturated rings. The van der Waals surface area contributed by atoms with Crippen molar-refractivity contribution in [1.29, 1.82) is 0 Å². The Bertz CT molecular complexity index is 286. The monoisotopic (exact) mass is 279 g/mol. The van der Waals surface area contributed by atoms with Crippen molar-refractivity contribution in [2.75, 3.05) is 32.7 Å². The summed E-state index contributed by atoms with van der Waals surface area (Å²) in [5, 5.41) is 3.99. The van der Waals surface area contributed by atoms with Crippen molar-refractivity contribution in [3.8, 4) is 0 Å². The van der Waals surface area contributed by atoms with Crippen molar-refractivity contribution in [2.24, 2.45) is 0 Å². The highest BCUT2D eigenvalue weighted by Crippen LogP contribution is 2.27. The molecule has 0 amide bonds. The lowest BCUT2D eigenvalue weighted by Crippen LogP contribution is -2.51. The Kier molecular flexibility index (Phi) is 5.36. The normalized spacial score (nSPS) is 33.5. The molecule has 3 heteroatoms. The van der Waals surface area contributed by atoms with Gasteiger partial charge in [-0.05, 0) is 77.7 Å². The number of unbranched alkanes of at least 4 members (excludes halogenated alkanes) is 1. The minimum Gasteiger partial charge on any atom is -0.311 e. The molecule has 2 atom stereocenters. The molecular weight excluding hydrogens is 246 g/mol. The predicted molar refractivity (Wildman–Crippen MR) is 85.1 cm³/mol. The number of likely N-dealkylation sites (tertiary alicyclic amines) is 1. The third-order valence-corrected chi connectivity index (χ3v) is 5.71. The Morgan fingerprint density at radius 3 is 2.55 bits per heavy atom. The van der Waals surface area contributed by atoms with E-state index in [-0.39, 0.29) is 0 Å². The summed E-state index contributed by atoms with van der Waals surface area (Å²) in [4.78, 5) is 5.40. The number of nitrogens with zero attached hydrogens (tertiary/aromatic N) is 2. The van der Waals surface area contributed by atoms with Crippen LogP contribution in [-0.2, 0) is 0 Å². The van der Waals surface area contributed by atoms with Crippen LogP contribution in [-0.4, -0.2) is 60.6 Å². The molecule has 2 unspecified atom stereocenters. The van der Waals surface area contributed by atoms with Crippen LogP contribution in [0, 0.1) is 0 Å². The molecule has 0 saturated carbocycles. The van der Waals surface area contributed by atoms with Gasteiger partial charge in [0.25, 0.3) is 0 Å². The van der Waals surface area contributed by atoms with Crippen LogP contribution in [0.15, 0.2) is 0 Å². The average Bonchev–Trinajstić information content (AvgIpc) is 2.94. The summed E-state index contributed by atoms with van der Waals surface area (Å²) in [5.74, 6) is 0. The molecule has 0 spiro atoms. The molecule has 116 valence electrons. The average molecular weight is 279 g/mol. The maximum atomic E-state index is 3.99. The van der Waals surface area contributed by atoms with Crippen molar-refractivity contribution in [3.63, 3.8) is 0 Å². The molecule has 3 saturated heterocycles. The molecule has 0 bridgehead atoms. The van der Waals surface area contributed by atoms with Crippen molar-refractivity contribution in [1.82, 2.24) is 15.1 Å². The molecule has 0 radical (unpaired) electrons. The maximum absolute atomic E-state index is 3.99. The molecule has 0 aromatic rings. The summed E-state index contributed by atoms with van der Waals surface area (Å²) in [5.41, 5.74) is 0. The van der Waals surface area contributed by atoms with E-state index in [4.69, 9.17) is 0 Å². The summed E-state index contributed by atoms with van der Waals surface area (Å²) < 4.78 is 0. The lowest BCUT2D eigenvalue weighted by molar-refractivity contribution is 0.141. The van der Waals surface area contributed by atoms with Gasteiger partial charge in [-0.3, -0.25) is 0 Å². The van der Waals surface area contributed by atoms with Gasteiger partial charge < -0.3 is 15.1 Å². The van der Waals surface area contributed by atoms with Gasteiger partial charge in [0, 0.05) is 18.1 Å². The lowest BCUT2D eigenvalue weighted by atomic mass is 9.95. The van der Waals surface area contributed by atoms with E-state index in [1.165, 1.54) is 84.1 Å². The minimum atomic E-state index is 0.797. The first-order valence-corrected chi connectivity index (χ1v) is 9.07. The van der Waals surface area contributed by atoms with Crippen LogP contribution < -0.4 is 5.32 Å². The quantitative estimate of drug-likeness (QED) is 0.834. The highest BCUT2D eigenvalue weighted by molar-refractivity contribution is 4.91. The topological polar surface area (TPSA) is 18.5 Å². The second-order valence-electron chi connectivity index (χ2n) is 7.19. The van der Waals surface area contributed by atoms with Crippen molar-refractivity contribution < 1.29 is 0 Å². The van der Waals surface area contributed by atoms with Crippen molar-refractivity contribution in [2.45, 2.75) is 76.4 Å².